The van der Waals surface area contributed by atoms with Crippen LogP contribution in [0.15, 0.2) is 91.1 Å². The normalized spacial score (nSPS) is 13.3. The highest BCUT2D eigenvalue weighted by Crippen LogP contribution is 2.31. The van der Waals surface area contributed by atoms with E-state index in [0.29, 0.717) is 6.04 Å². The van der Waals surface area contributed by atoms with Crippen molar-refractivity contribution >= 4 is 30.5 Å². The Morgan fingerprint density at radius 1 is 0.692 bits per heavy atom. The molecule has 5 aromatic rings. The number of halogens is 2. The Morgan fingerprint density at radius 2 is 1.31 bits per heavy atom. The third kappa shape index (κ3) is 9.98. The van der Waals surface area contributed by atoms with E-state index in [1.165, 1.54) is 66.9 Å². The summed E-state index contributed by atoms with van der Waals surface area (Å²) in [6, 6.07) is 32.1. The van der Waals surface area contributed by atoms with Gasteiger partial charge in [0.05, 0.1) is 12.3 Å². The second-order valence-corrected chi connectivity index (χ2v) is 14.6. The number of hydrogen-bond acceptors (Lipinski definition) is 4. The summed E-state index contributed by atoms with van der Waals surface area (Å²) in [5.74, 6) is 0.955. The molecule has 1 aliphatic rings. The van der Waals surface area contributed by atoms with E-state index in [1.807, 2.05) is 6.20 Å². The van der Waals surface area contributed by atoms with Crippen molar-refractivity contribution in [1.82, 2.24) is 9.88 Å². The van der Waals surface area contributed by atoms with E-state index in [9.17, 15) is 0 Å². The maximum atomic E-state index is 6.03. The molecule has 0 saturated carbocycles. The van der Waals surface area contributed by atoms with Gasteiger partial charge in [-0.3, -0.25) is 9.88 Å². The van der Waals surface area contributed by atoms with Gasteiger partial charge >= 0.3 is 0 Å². The van der Waals surface area contributed by atoms with Gasteiger partial charge < -0.3 is 9.64 Å². The van der Waals surface area contributed by atoms with E-state index in [0.717, 1.165) is 69.9 Å². The number of anilines is 1. The van der Waals surface area contributed by atoms with Gasteiger partial charge in [-0.1, -0.05) is 43.7 Å². The van der Waals surface area contributed by atoms with Crippen LogP contribution in [0.25, 0.3) is 22.4 Å². The van der Waals surface area contributed by atoms with Gasteiger partial charge in [0, 0.05) is 49.7 Å². The molecule has 4 aromatic carbocycles. The highest BCUT2D eigenvalue weighted by molar-refractivity contribution is 5.85. The van der Waals surface area contributed by atoms with Gasteiger partial charge in [-0.25, -0.2) is 0 Å². The van der Waals surface area contributed by atoms with Crippen molar-refractivity contribution in [2.24, 2.45) is 0 Å². The molecule has 1 fully saturated rings. The van der Waals surface area contributed by atoms with Gasteiger partial charge in [-0.2, -0.15) is 0 Å². The number of ether oxygens (including phenoxy) is 1. The van der Waals surface area contributed by atoms with Crippen LogP contribution in [0.2, 0.25) is 0 Å². The molecule has 1 aromatic heterocycles. The topological polar surface area (TPSA) is 28.6 Å². The Balaban J connectivity index is 0.00000302. The van der Waals surface area contributed by atoms with Crippen molar-refractivity contribution in [1.29, 1.82) is 0 Å². The summed E-state index contributed by atoms with van der Waals surface area (Å²) in [5, 5.41) is 0. The molecule has 6 rings (SSSR count). The lowest BCUT2D eigenvalue weighted by atomic mass is 9.95. The van der Waals surface area contributed by atoms with Gasteiger partial charge in [-0.05, 0) is 171 Å². The van der Waals surface area contributed by atoms with Crippen LogP contribution in [0, 0.1) is 41.5 Å². The summed E-state index contributed by atoms with van der Waals surface area (Å²) in [7, 11) is 0. The zero-order valence-corrected chi connectivity index (χ0v) is 33.8. The lowest BCUT2D eigenvalue weighted by molar-refractivity contribution is 0.201. The number of pyridine rings is 1. The third-order valence-corrected chi connectivity index (χ3v) is 10.9. The van der Waals surface area contributed by atoms with E-state index in [4.69, 9.17) is 9.72 Å². The van der Waals surface area contributed by atoms with Crippen LogP contribution in [-0.2, 0) is 13.1 Å². The number of likely N-dealkylation sites (tertiary alicyclic amines) is 1. The first-order valence-electron chi connectivity index (χ1n) is 18.6. The van der Waals surface area contributed by atoms with Crippen molar-refractivity contribution in [2.75, 3.05) is 24.6 Å². The van der Waals surface area contributed by atoms with E-state index in [-0.39, 0.29) is 24.8 Å². The average molecular weight is 739 g/mol. The fourth-order valence-electron chi connectivity index (χ4n) is 7.31. The zero-order chi connectivity index (χ0) is 35.2. The van der Waals surface area contributed by atoms with E-state index in [2.05, 4.69) is 143 Å². The minimum Gasteiger partial charge on any atom is -0.494 e. The highest BCUT2D eigenvalue weighted by atomic mass is 35.5. The first kappa shape index (κ1) is 40.9. The monoisotopic (exact) mass is 737 g/mol. The SMILES string of the molecule is CCCCOc1ccc(N(Cc2cccc(-c3cc(C)c(C)c(C)c3)c2)C2CCN(Cc3ccnc(-c4cc(C)c(C)c(C)c4)c3)CC2)cc1.Cl.Cl. The second-order valence-electron chi connectivity index (χ2n) is 14.6. The van der Waals surface area contributed by atoms with Gasteiger partial charge in [0.25, 0.3) is 0 Å². The summed E-state index contributed by atoms with van der Waals surface area (Å²) < 4.78 is 6.03. The van der Waals surface area contributed by atoms with Crippen molar-refractivity contribution in [3.05, 3.63) is 136 Å². The molecule has 0 bridgehead atoms. The maximum absolute atomic E-state index is 6.03. The van der Waals surface area contributed by atoms with Crippen molar-refractivity contribution < 1.29 is 4.74 Å². The number of unbranched alkanes of at least 4 members (excludes halogenated alkanes) is 1. The van der Waals surface area contributed by atoms with Gasteiger partial charge in [0.2, 0.25) is 0 Å². The molecule has 0 radical (unpaired) electrons. The largest absolute Gasteiger partial charge is 0.494 e. The molecular formula is C46H57Cl2N3O. The number of nitrogens with zero attached hydrogens (tertiary/aromatic N) is 3. The van der Waals surface area contributed by atoms with Crippen LogP contribution >= 0.6 is 24.8 Å². The molecule has 52 heavy (non-hydrogen) atoms. The standard InChI is InChI=1S/C46H55N3O.2ClH/c1-8-9-23-50-45-15-13-43(14-16-45)49(31-38-11-10-12-40(28-38)41-24-32(2)36(6)33(3)25-41)44-18-21-48(22-19-44)30-39-17-20-47-46(29-39)42-26-34(4)37(7)35(5)27-42;;/h10-17,20,24-29,44H,8-9,18-19,21-23,30-31H2,1-7H3;2*1H. The smallest absolute Gasteiger partial charge is 0.119 e. The number of aryl methyl sites for hydroxylation is 4. The minimum absolute atomic E-state index is 0. The number of benzene rings is 4. The fraction of sp³-hybridized carbons (Fsp3) is 0.370. The lowest BCUT2D eigenvalue weighted by Crippen LogP contribution is -2.44. The van der Waals surface area contributed by atoms with Crippen LogP contribution in [0.5, 0.6) is 5.75 Å². The number of piperidine rings is 1. The quantitative estimate of drug-likeness (QED) is 0.119. The molecule has 2 heterocycles. The zero-order valence-electron chi connectivity index (χ0n) is 32.2. The molecule has 0 N–H and O–H groups in total. The van der Waals surface area contributed by atoms with Crippen molar-refractivity contribution in [3.63, 3.8) is 0 Å². The highest BCUT2D eigenvalue weighted by Gasteiger charge is 2.26. The molecule has 0 aliphatic carbocycles. The van der Waals surface area contributed by atoms with Crippen molar-refractivity contribution in [3.8, 4) is 28.1 Å². The van der Waals surface area contributed by atoms with Gasteiger partial charge in [-0.15, -0.1) is 24.8 Å². The predicted octanol–water partition coefficient (Wildman–Crippen LogP) is 12.0. The minimum atomic E-state index is 0. The van der Waals surface area contributed by atoms with Crippen LogP contribution in [0.1, 0.15) is 77.1 Å². The van der Waals surface area contributed by atoms with E-state index >= 15 is 0 Å². The third-order valence-electron chi connectivity index (χ3n) is 10.9. The second kappa shape index (κ2) is 18.8. The molecule has 4 nitrogen and oxygen atoms in total. The number of rotatable bonds is 12. The number of hydrogen-bond donors (Lipinski definition) is 0. The Hall–Kier alpha value is -3.83. The van der Waals surface area contributed by atoms with E-state index in [1.54, 1.807) is 0 Å². The van der Waals surface area contributed by atoms with Gasteiger partial charge in [0.15, 0.2) is 0 Å². The molecule has 6 heteroatoms. The van der Waals surface area contributed by atoms with E-state index < -0.39 is 0 Å². The lowest BCUT2D eigenvalue weighted by Gasteiger charge is -2.40. The van der Waals surface area contributed by atoms with Crippen LogP contribution < -0.4 is 9.64 Å². The molecule has 1 saturated heterocycles. The summed E-state index contributed by atoms with van der Waals surface area (Å²) in [5.41, 5.74) is 16.9. The molecule has 0 unspecified atom stereocenters. The van der Waals surface area contributed by atoms with Crippen LogP contribution in [0.3, 0.4) is 0 Å². The maximum Gasteiger partial charge on any atom is 0.119 e. The van der Waals surface area contributed by atoms with Gasteiger partial charge in [0.1, 0.15) is 5.75 Å². The Kier molecular flexibility index (Phi) is 14.8. The summed E-state index contributed by atoms with van der Waals surface area (Å²) in [6.45, 7) is 20.2. The van der Waals surface area contributed by atoms with Crippen LogP contribution in [-0.4, -0.2) is 35.6 Å². The molecule has 276 valence electrons. The molecule has 0 spiro atoms. The molecule has 1 aliphatic heterocycles. The first-order chi connectivity index (χ1) is 24.2. The average Bonchev–Trinajstić information content (AvgIpc) is 3.12. The molecular weight excluding hydrogens is 681 g/mol. The Labute approximate surface area is 325 Å². The Bertz CT molecular complexity index is 1870. The van der Waals surface area contributed by atoms with Crippen LogP contribution in [0.4, 0.5) is 5.69 Å². The summed E-state index contributed by atoms with van der Waals surface area (Å²) in [6.07, 6.45) is 6.44. The number of aromatic nitrogens is 1. The fourth-order valence-corrected chi connectivity index (χ4v) is 7.31. The molecule has 0 atom stereocenters. The predicted molar refractivity (Wildman–Crippen MR) is 226 cm³/mol. The molecule has 0 amide bonds. The summed E-state index contributed by atoms with van der Waals surface area (Å²) >= 11 is 0. The Morgan fingerprint density at radius 3 is 1.92 bits per heavy atom. The first-order valence-corrected chi connectivity index (χ1v) is 18.6. The van der Waals surface area contributed by atoms with Crippen molar-refractivity contribution in [2.45, 2.75) is 93.3 Å². The summed E-state index contributed by atoms with van der Waals surface area (Å²) in [4.78, 5) is 10.0.